The van der Waals surface area contributed by atoms with Crippen LogP contribution in [0.1, 0.15) is 18.4 Å². The van der Waals surface area contributed by atoms with Crippen molar-refractivity contribution >= 4 is 11.7 Å². The Morgan fingerprint density at radius 1 is 1.00 bits per heavy atom. The molecule has 0 atom stereocenters. The van der Waals surface area contributed by atoms with E-state index in [1.807, 2.05) is 29.2 Å². The van der Waals surface area contributed by atoms with E-state index in [9.17, 15) is 4.79 Å². The molecule has 7 nitrogen and oxygen atoms in total. The Hall–Kier alpha value is -3.24. The van der Waals surface area contributed by atoms with E-state index in [1.165, 1.54) is 5.56 Å². The maximum absolute atomic E-state index is 12.4. The molecule has 0 unspecified atom stereocenters. The van der Waals surface area contributed by atoms with E-state index in [2.05, 4.69) is 29.7 Å². The lowest BCUT2D eigenvalue weighted by Gasteiger charge is -2.36. The van der Waals surface area contributed by atoms with Crippen LogP contribution in [0.15, 0.2) is 42.5 Å². The molecule has 0 saturated carbocycles. The number of urea groups is 1. The van der Waals surface area contributed by atoms with E-state index in [4.69, 9.17) is 14.7 Å². The first-order valence-electron chi connectivity index (χ1n) is 10.8. The minimum absolute atomic E-state index is 0.0847. The van der Waals surface area contributed by atoms with Gasteiger partial charge in [-0.3, -0.25) is 0 Å². The van der Waals surface area contributed by atoms with Crippen LogP contribution < -0.4 is 10.1 Å². The van der Waals surface area contributed by atoms with Crippen LogP contribution in [-0.4, -0.2) is 60.8 Å². The van der Waals surface area contributed by atoms with Crippen molar-refractivity contribution in [3.05, 3.63) is 48.0 Å². The van der Waals surface area contributed by atoms with Gasteiger partial charge in [0.15, 0.2) is 6.19 Å². The van der Waals surface area contributed by atoms with Crippen molar-refractivity contribution in [2.45, 2.75) is 24.9 Å². The van der Waals surface area contributed by atoms with E-state index in [-0.39, 0.29) is 11.6 Å². The number of anilines is 1. The smallest absolute Gasteiger partial charge is 0.321 e. The normalized spacial score (nSPS) is 19.5. The number of ether oxygens (including phenoxy) is 2. The Labute approximate surface area is 182 Å². The van der Waals surface area contributed by atoms with Gasteiger partial charge < -0.3 is 24.6 Å². The van der Waals surface area contributed by atoms with Crippen molar-refractivity contribution in [2.75, 3.05) is 44.7 Å². The summed E-state index contributed by atoms with van der Waals surface area (Å²) in [7, 11) is 0. The zero-order valence-electron chi connectivity index (χ0n) is 17.5. The topological polar surface area (TPSA) is 77.8 Å². The summed E-state index contributed by atoms with van der Waals surface area (Å²) in [5.41, 5.74) is 4.09. The first-order chi connectivity index (χ1) is 15.1. The molecule has 2 saturated heterocycles. The van der Waals surface area contributed by atoms with Gasteiger partial charge in [-0.25, -0.2) is 4.79 Å². The number of morpholine rings is 1. The van der Waals surface area contributed by atoms with Crippen LogP contribution >= 0.6 is 0 Å². The number of nitrogens with zero attached hydrogens (tertiary/aromatic N) is 3. The van der Waals surface area contributed by atoms with Gasteiger partial charge in [-0.2, -0.15) is 5.26 Å². The summed E-state index contributed by atoms with van der Waals surface area (Å²) in [5, 5.41) is 12.1. The molecule has 2 amide bonds. The Balaban J connectivity index is 1.25. The van der Waals surface area contributed by atoms with Crippen LogP contribution in [-0.2, 0) is 11.2 Å². The lowest BCUT2D eigenvalue weighted by Crippen LogP contribution is -2.45. The van der Waals surface area contributed by atoms with Crippen molar-refractivity contribution in [3.8, 4) is 23.1 Å². The summed E-state index contributed by atoms with van der Waals surface area (Å²) in [6.07, 6.45) is 4.89. The van der Waals surface area contributed by atoms with Gasteiger partial charge in [0.1, 0.15) is 11.4 Å². The number of nitrogens with one attached hydrogen (secondary N) is 1. The summed E-state index contributed by atoms with van der Waals surface area (Å²) in [4.78, 5) is 15.9. The molecule has 160 valence electrons. The minimum atomic E-state index is -0.165. The highest BCUT2D eigenvalue weighted by Crippen LogP contribution is 2.42. The van der Waals surface area contributed by atoms with Crippen LogP contribution in [0, 0.1) is 11.5 Å². The maximum atomic E-state index is 12.4. The second-order valence-corrected chi connectivity index (χ2v) is 8.48. The lowest BCUT2D eigenvalue weighted by molar-refractivity contribution is 0.0346. The molecule has 0 aliphatic carbocycles. The fourth-order valence-corrected chi connectivity index (χ4v) is 4.62. The molecule has 1 N–H and O–H groups in total. The van der Waals surface area contributed by atoms with Crippen LogP contribution in [0.25, 0.3) is 11.1 Å². The molecule has 0 bridgehead atoms. The van der Waals surface area contributed by atoms with E-state index >= 15 is 0 Å². The Morgan fingerprint density at radius 3 is 2.42 bits per heavy atom. The first-order valence-corrected chi connectivity index (χ1v) is 10.8. The number of carbonyl (C=O) groups excluding carboxylic acids is 1. The number of piperidine rings is 1. The van der Waals surface area contributed by atoms with Gasteiger partial charge in [-0.15, -0.1) is 0 Å². The highest BCUT2D eigenvalue weighted by atomic mass is 16.5. The van der Waals surface area contributed by atoms with Gasteiger partial charge in [0, 0.05) is 51.1 Å². The Morgan fingerprint density at radius 2 is 1.71 bits per heavy atom. The van der Waals surface area contributed by atoms with Crippen molar-refractivity contribution in [1.82, 2.24) is 9.80 Å². The number of fused-ring (bicyclic) bond motifs is 1. The number of nitriles is 1. The Kier molecular flexibility index (Phi) is 5.16. The molecular weight excluding hydrogens is 392 g/mol. The zero-order valence-corrected chi connectivity index (χ0v) is 17.5. The number of rotatable bonds is 2. The number of carbonyl (C=O) groups is 1. The number of benzene rings is 2. The zero-order chi connectivity index (χ0) is 21.3. The van der Waals surface area contributed by atoms with Crippen molar-refractivity contribution in [3.63, 3.8) is 0 Å². The Bertz CT molecular complexity index is 1000. The van der Waals surface area contributed by atoms with Gasteiger partial charge >= 0.3 is 6.03 Å². The molecule has 0 aromatic heterocycles. The third-order valence-electron chi connectivity index (χ3n) is 6.48. The molecule has 2 aromatic rings. The third-order valence-corrected chi connectivity index (χ3v) is 6.48. The minimum Gasteiger partial charge on any atom is -0.487 e. The summed E-state index contributed by atoms with van der Waals surface area (Å²) in [6, 6.07) is 14.2. The third kappa shape index (κ3) is 4.04. The lowest BCUT2D eigenvalue weighted by atomic mass is 9.87. The van der Waals surface area contributed by atoms with Crippen molar-refractivity contribution in [1.29, 1.82) is 5.26 Å². The van der Waals surface area contributed by atoms with E-state index in [0.29, 0.717) is 26.3 Å². The number of amides is 2. The quantitative estimate of drug-likeness (QED) is 0.756. The molecule has 31 heavy (non-hydrogen) atoms. The van der Waals surface area contributed by atoms with Crippen molar-refractivity contribution < 1.29 is 14.3 Å². The van der Waals surface area contributed by atoms with Gasteiger partial charge in [0.25, 0.3) is 0 Å². The largest absolute Gasteiger partial charge is 0.487 e. The summed E-state index contributed by atoms with van der Waals surface area (Å²) >= 11 is 0. The molecule has 0 radical (unpaired) electrons. The predicted molar refractivity (Wildman–Crippen MR) is 117 cm³/mol. The molecule has 3 aliphatic heterocycles. The highest BCUT2D eigenvalue weighted by Gasteiger charge is 2.42. The molecule has 5 rings (SSSR count). The molecule has 3 aliphatic rings. The van der Waals surface area contributed by atoms with Crippen LogP contribution in [0.4, 0.5) is 10.5 Å². The fourth-order valence-electron chi connectivity index (χ4n) is 4.62. The summed E-state index contributed by atoms with van der Waals surface area (Å²) in [6.45, 7) is 3.94. The van der Waals surface area contributed by atoms with Crippen LogP contribution in [0.3, 0.4) is 0 Å². The fraction of sp³-hybridized carbons (Fsp3) is 0.417. The summed E-state index contributed by atoms with van der Waals surface area (Å²) in [5.74, 6) is 0.962. The highest BCUT2D eigenvalue weighted by molar-refractivity contribution is 5.89. The van der Waals surface area contributed by atoms with Gasteiger partial charge in [-0.05, 0) is 41.0 Å². The number of likely N-dealkylation sites (tertiary alicyclic amines) is 1. The second-order valence-electron chi connectivity index (χ2n) is 8.48. The molecular formula is C24H26N4O3. The van der Waals surface area contributed by atoms with Crippen LogP contribution in [0.5, 0.6) is 5.75 Å². The van der Waals surface area contributed by atoms with E-state index < -0.39 is 0 Å². The SMILES string of the molecule is N#CN1CCC2(CC1)Cc1cc(-c3ccc(NC(=O)N4CCOCC4)cc3)ccc1O2. The molecule has 2 aromatic carbocycles. The number of hydrogen-bond acceptors (Lipinski definition) is 5. The molecule has 1 spiro atoms. The maximum Gasteiger partial charge on any atom is 0.321 e. The van der Waals surface area contributed by atoms with E-state index in [0.717, 1.165) is 54.9 Å². The van der Waals surface area contributed by atoms with Gasteiger partial charge in [0.2, 0.25) is 0 Å². The first kappa shape index (κ1) is 19.7. The van der Waals surface area contributed by atoms with Gasteiger partial charge in [0.05, 0.1) is 13.2 Å². The average Bonchev–Trinajstić information content (AvgIpc) is 3.17. The standard InChI is InChI=1S/C24H26N4O3/c25-17-27-9-7-24(8-10-27)16-20-15-19(3-6-22(20)31-24)18-1-4-21(5-2-18)26-23(29)28-11-13-30-14-12-28/h1-6,15H,7-14,16H2,(H,26,29). The van der Waals surface area contributed by atoms with Crippen molar-refractivity contribution in [2.24, 2.45) is 0 Å². The predicted octanol–water partition coefficient (Wildman–Crippen LogP) is 3.47. The summed E-state index contributed by atoms with van der Waals surface area (Å²) < 4.78 is 11.6. The number of hydrogen-bond donors (Lipinski definition) is 1. The van der Waals surface area contributed by atoms with Crippen LogP contribution in [0.2, 0.25) is 0 Å². The second kappa shape index (κ2) is 8.12. The van der Waals surface area contributed by atoms with E-state index in [1.54, 1.807) is 4.90 Å². The van der Waals surface area contributed by atoms with Gasteiger partial charge in [-0.1, -0.05) is 18.2 Å². The average molecular weight is 418 g/mol. The monoisotopic (exact) mass is 418 g/mol. The molecule has 3 heterocycles. The molecule has 2 fully saturated rings. The molecule has 7 heteroatoms.